The van der Waals surface area contributed by atoms with Crippen molar-refractivity contribution in [1.82, 2.24) is 19.5 Å². The van der Waals surface area contributed by atoms with Crippen molar-refractivity contribution in [3.05, 3.63) is 24.1 Å². The second-order valence-electron chi connectivity index (χ2n) is 4.82. The van der Waals surface area contributed by atoms with E-state index in [4.69, 9.17) is 9.84 Å². The molecule has 3 N–H and O–H groups in total. The van der Waals surface area contributed by atoms with Gasteiger partial charge in [-0.1, -0.05) is 17.8 Å². The van der Waals surface area contributed by atoms with Gasteiger partial charge < -0.3 is 20.1 Å². The minimum atomic E-state index is -1.17. The highest BCUT2D eigenvalue weighted by molar-refractivity contribution is 8.02. The standard InChI is InChI=1S/C13H16N4O4S/c1-2-3-22-12-8-11(14-5-15-12)17(6-16-8)13-10(20)9(19)7(4-18)21-13/h2-3,5-7,9-10,13,18-20H,4H2,1H3/t7-,9?,10?,13-/m1/s1. The summed E-state index contributed by atoms with van der Waals surface area (Å²) in [6, 6.07) is 0. The third-order valence-corrected chi connectivity index (χ3v) is 4.36. The van der Waals surface area contributed by atoms with E-state index >= 15 is 0 Å². The summed E-state index contributed by atoms with van der Waals surface area (Å²) in [5.74, 6) is 0. The highest BCUT2D eigenvalue weighted by atomic mass is 32.2. The molecule has 3 heterocycles. The third-order valence-electron chi connectivity index (χ3n) is 3.43. The number of aliphatic hydroxyl groups is 3. The van der Waals surface area contributed by atoms with E-state index < -0.39 is 24.5 Å². The molecule has 4 atom stereocenters. The van der Waals surface area contributed by atoms with Gasteiger partial charge in [-0.3, -0.25) is 4.57 Å². The number of hydrogen-bond acceptors (Lipinski definition) is 8. The molecule has 0 saturated carbocycles. The second-order valence-corrected chi connectivity index (χ2v) is 5.71. The molecule has 0 radical (unpaired) electrons. The first kappa shape index (κ1) is 15.4. The number of thioether (sulfide) groups is 1. The Balaban J connectivity index is 1.99. The topological polar surface area (TPSA) is 114 Å². The highest BCUT2D eigenvalue weighted by Gasteiger charge is 2.43. The monoisotopic (exact) mass is 324 g/mol. The van der Waals surface area contributed by atoms with E-state index in [1.54, 1.807) is 4.57 Å². The van der Waals surface area contributed by atoms with E-state index in [9.17, 15) is 10.2 Å². The summed E-state index contributed by atoms with van der Waals surface area (Å²) in [6.07, 6.45) is 0.763. The van der Waals surface area contributed by atoms with Crippen LogP contribution in [0.25, 0.3) is 11.2 Å². The number of fused-ring (bicyclic) bond motifs is 1. The lowest BCUT2D eigenvalue weighted by molar-refractivity contribution is -0.0511. The summed E-state index contributed by atoms with van der Waals surface area (Å²) in [6.45, 7) is 1.53. The fraction of sp³-hybridized carbons (Fsp3) is 0.462. The summed E-state index contributed by atoms with van der Waals surface area (Å²) in [5.41, 5.74) is 1.08. The van der Waals surface area contributed by atoms with Crippen LogP contribution in [0, 0.1) is 0 Å². The molecular weight excluding hydrogens is 308 g/mol. The maximum atomic E-state index is 10.1. The number of allylic oxidation sites excluding steroid dienone is 1. The zero-order chi connectivity index (χ0) is 15.7. The molecule has 2 unspecified atom stereocenters. The van der Waals surface area contributed by atoms with Gasteiger partial charge in [0, 0.05) is 0 Å². The van der Waals surface area contributed by atoms with E-state index in [1.165, 1.54) is 24.4 Å². The summed E-state index contributed by atoms with van der Waals surface area (Å²) in [5, 5.41) is 31.7. The van der Waals surface area contributed by atoms with Crippen LogP contribution in [0.3, 0.4) is 0 Å². The Hall–Kier alpha value is -1.52. The first-order valence-electron chi connectivity index (χ1n) is 6.75. The zero-order valence-corrected chi connectivity index (χ0v) is 12.6. The molecule has 0 aliphatic carbocycles. The fourth-order valence-electron chi connectivity index (χ4n) is 2.35. The minimum absolute atomic E-state index is 0.376. The quantitative estimate of drug-likeness (QED) is 0.534. The van der Waals surface area contributed by atoms with Crippen molar-refractivity contribution in [3.8, 4) is 0 Å². The van der Waals surface area contributed by atoms with Crippen molar-refractivity contribution in [2.75, 3.05) is 6.61 Å². The lowest BCUT2D eigenvalue weighted by Crippen LogP contribution is -2.33. The summed E-state index contributed by atoms with van der Waals surface area (Å²) >= 11 is 1.41. The molecule has 1 fully saturated rings. The van der Waals surface area contributed by atoms with E-state index in [1.807, 2.05) is 18.4 Å². The third kappa shape index (κ3) is 2.50. The van der Waals surface area contributed by atoms with Crippen molar-refractivity contribution in [2.45, 2.75) is 36.5 Å². The van der Waals surface area contributed by atoms with Gasteiger partial charge >= 0.3 is 0 Å². The first-order valence-corrected chi connectivity index (χ1v) is 7.63. The number of aromatic nitrogens is 4. The van der Waals surface area contributed by atoms with Crippen LogP contribution in [0.1, 0.15) is 13.2 Å². The Morgan fingerprint density at radius 1 is 1.32 bits per heavy atom. The summed E-state index contributed by atoms with van der Waals surface area (Å²) in [7, 11) is 0. The number of ether oxygens (including phenoxy) is 1. The van der Waals surface area contributed by atoms with Crippen LogP contribution in [0.5, 0.6) is 0 Å². The minimum Gasteiger partial charge on any atom is -0.394 e. The van der Waals surface area contributed by atoms with Crippen LogP contribution in [-0.4, -0.2) is 59.8 Å². The molecule has 0 aromatic carbocycles. The van der Waals surface area contributed by atoms with Crippen molar-refractivity contribution >= 4 is 22.9 Å². The van der Waals surface area contributed by atoms with Crippen LogP contribution in [0.2, 0.25) is 0 Å². The second kappa shape index (κ2) is 6.31. The molecule has 118 valence electrons. The number of nitrogens with zero attached hydrogens (tertiary/aromatic N) is 4. The molecular formula is C13H16N4O4S. The van der Waals surface area contributed by atoms with E-state index in [2.05, 4.69) is 15.0 Å². The Labute approximate surface area is 130 Å². The highest BCUT2D eigenvalue weighted by Crippen LogP contribution is 2.32. The van der Waals surface area contributed by atoms with Crippen molar-refractivity contribution in [3.63, 3.8) is 0 Å². The fourth-order valence-corrected chi connectivity index (χ4v) is 2.97. The van der Waals surface area contributed by atoms with Gasteiger partial charge in [0.15, 0.2) is 11.9 Å². The molecule has 3 rings (SSSR count). The van der Waals surface area contributed by atoms with Gasteiger partial charge in [0.1, 0.15) is 35.2 Å². The molecule has 0 amide bonds. The molecule has 9 heteroatoms. The van der Waals surface area contributed by atoms with Gasteiger partial charge in [0.2, 0.25) is 0 Å². The van der Waals surface area contributed by atoms with Gasteiger partial charge in [-0.2, -0.15) is 0 Å². The Morgan fingerprint density at radius 3 is 2.82 bits per heavy atom. The molecule has 1 aliphatic rings. The van der Waals surface area contributed by atoms with Crippen LogP contribution in [0.4, 0.5) is 0 Å². The molecule has 0 spiro atoms. The maximum absolute atomic E-state index is 10.1. The molecule has 22 heavy (non-hydrogen) atoms. The predicted octanol–water partition coefficient (Wildman–Crippen LogP) is 0.0635. The van der Waals surface area contributed by atoms with Crippen LogP contribution >= 0.6 is 11.8 Å². The van der Waals surface area contributed by atoms with E-state index in [0.717, 1.165) is 0 Å². The largest absolute Gasteiger partial charge is 0.394 e. The van der Waals surface area contributed by atoms with Gasteiger partial charge in [-0.05, 0) is 12.3 Å². The van der Waals surface area contributed by atoms with Crippen molar-refractivity contribution in [1.29, 1.82) is 0 Å². The van der Waals surface area contributed by atoms with Gasteiger partial charge in [-0.25, -0.2) is 15.0 Å². The number of imidazole rings is 1. The van der Waals surface area contributed by atoms with Gasteiger partial charge in [0.25, 0.3) is 0 Å². The lowest BCUT2D eigenvalue weighted by atomic mass is 10.1. The van der Waals surface area contributed by atoms with Crippen molar-refractivity contribution in [2.24, 2.45) is 0 Å². The van der Waals surface area contributed by atoms with Gasteiger partial charge in [-0.15, -0.1) is 0 Å². The first-order chi connectivity index (χ1) is 10.7. The molecule has 1 aliphatic heterocycles. The predicted molar refractivity (Wildman–Crippen MR) is 79.0 cm³/mol. The number of aliphatic hydroxyl groups excluding tert-OH is 3. The number of hydrogen-bond donors (Lipinski definition) is 3. The Kier molecular flexibility index (Phi) is 4.41. The van der Waals surface area contributed by atoms with E-state index in [-0.39, 0.29) is 6.61 Å². The van der Waals surface area contributed by atoms with E-state index in [0.29, 0.717) is 16.2 Å². The molecule has 2 aromatic heterocycles. The molecule has 1 saturated heterocycles. The SMILES string of the molecule is CC=CSc1ncnc2c1ncn2[C@@H]1O[C@H](CO)C(O)C1O. The van der Waals surface area contributed by atoms with Crippen LogP contribution in [-0.2, 0) is 4.74 Å². The number of rotatable bonds is 4. The van der Waals surface area contributed by atoms with Crippen molar-refractivity contribution < 1.29 is 20.1 Å². The molecule has 2 aromatic rings. The Morgan fingerprint density at radius 2 is 2.14 bits per heavy atom. The average Bonchev–Trinajstić information content (AvgIpc) is 3.08. The van der Waals surface area contributed by atoms with Gasteiger partial charge in [0.05, 0.1) is 12.9 Å². The maximum Gasteiger partial charge on any atom is 0.166 e. The van der Waals surface area contributed by atoms with Crippen LogP contribution in [0.15, 0.2) is 29.2 Å². The smallest absolute Gasteiger partial charge is 0.166 e. The molecule has 8 nitrogen and oxygen atoms in total. The normalized spacial score (nSPS) is 28.9. The Bertz CT molecular complexity index is 692. The summed E-state index contributed by atoms with van der Waals surface area (Å²) in [4.78, 5) is 12.6. The summed E-state index contributed by atoms with van der Waals surface area (Å²) < 4.78 is 7.04. The molecule has 0 bridgehead atoms. The lowest BCUT2D eigenvalue weighted by Gasteiger charge is -2.16. The zero-order valence-electron chi connectivity index (χ0n) is 11.8. The van der Waals surface area contributed by atoms with Crippen LogP contribution < -0.4 is 0 Å². The average molecular weight is 324 g/mol.